The predicted molar refractivity (Wildman–Crippen MR) is 82.4 cm³/mol. The third-order valence-electron chi connectivity index (χ3n) is 4.00. The smallest absolute Gasteiger partial charge is 0.237 e. The fourth-order valence-corrected chi connectivity index (χ4v) is 1.61. The fourth-order valence-electron chi connectivity index (χ4n) is 1.61. The highest BCUT2D eigenvalue weighted by molar-refractivity contribution is 5.81. The van der Waals surface area contributed by atoms with Crippen LogP contribution in [0.4, 0.5) is 0 Å². The van der Waals surface area contributed by atoms with Crippen LogP contribution in [0.3, 0.4) is 0 Å². The second-order valence-corrected chi connectivity index (χ2v) is 6.14. The Morgan fingerprint density at radius 1 is 1.26 bits per heavy atom. The summed E-state index contributed by atoms with van der Waals surface area (Å²) in [5.41, 5.74) is -0.124. The topological polar surface area (TPSA) is 44.4 Å². The summed E-state index contributed by atoms with van der Waals surface area (Å²) in [6.07, 6.45) is 2.08. The van der Waals surface area contributed by atoms with E-state index in [9.17, 15) is 4.79 Å². The highest BCUT2D eigenvalue weighted by Gasteiger charge is 2.21. The lowest BCUT2D eigenvalue weighted by molar-refractivity contribution is -0.124. The van der Waals surface area contributed by atoms with E-state index < -0.39 is 0 Å². The Bertz CT molecular complexity index is 266. The highest BCUT2D eigenvalue weighted by atomic mass is 16.2. The second-order valence-electron chi connectivity index (χ2n) is 6.14. The van der Waals surface area contributed by atoms with Crippen LogP contribution in [0.1, 0.15) is 54.4 Å². The standard InChI is InChI=1S/C15H33N3O/c1-8-12(3)18(7)11-10-16-13(4)14(19)17-15(5,6)9-2/h12-13,16H,8-11H2,1-7H3,(H,17,19). The Labute approximate surface area is 119 Å². The van der Waals surface area contributed by atoms with Crippen molar-refractivity contribution in [1.82, 2.24) is 15.5 Å². The van der Waals surface area contributed by atoms with Crippen molar-refractivity contribution >= 4 is 5.91 Å². The van der Waals surface area contributed by atoms with Crippen molar-refractivity contribution in [1.29, 1.82) is 0 Å². The molecule has 4 nitrogen and oxygen atoms in total. The summed E-state index contributed by atoms with van der Waals surface area (Å²) < 4.78 is 0. The number of rotatable bonds is 9. The largest absolute Gasteiger partial charge is 0.350 e. The average molecular weight is 271 g/mol. The van der Waals surface area contributed by atoms with E-state index in [0.717, 1.165) is 25.9 Å². The summed E-state index contributed by atoms with van der Waals surface area (Å²) in [7, 11) is 2.13. The molecule has 0 aromatic rings. The molecule has 0 rings (SSSR count). The van der Waals surface area contributed by atoms with E-state index in [1.54, 1.807) is 0 Å². The normalized spacial score (nSPS) is 15.4. The number of hydrogen-bond donors (Lipinski definition) is 2. The van der Waals surface area contributed by atoms with Gasteiger partial charge in [-0.3, -0.25) is 4.79 Å². The summed E-state index contributed by atoms with van der Waals surface area (Å²) in [6, 6.07) is 0.445. The van der Waals surface area contributed by atoms with Crippen molar-refractivity contribution in [2.24, 2.45) is 0 Å². The molecule has 114 valence electrons. The van der Waals surface area contributed by atoms with Crippen LogP contribution in [0.2, 0.25) is 0 Å². The molecular formula is C15H33N3O. The van der Waals surface area contributed by atoms with Crippen molar-refractivity contribution in [3.05, 3.63) is 0 Å². The first-order chi connectivity index (χ1) is 8.73. The summed E-state index contributed by atoms with van der Waals surface area (Å²) in [5.74, 6) is 0.0815. The van der Waals surface area contributed by atoms with Crippen molar-refractivity contribution in [3.8, 4) is 0 Å². The van der Waals surface area contributed by atoms with Gasteiger partial charge in [0.1, 0.15) is 0 Å². The molecule has 0 aliphatic carbocycles. The van der Waals surface area contributed by atoms with Gasteiger partial charge >= 0.3 is 0 Å². The average Bonchev–Trinajstić information content (AvgIpc) is 2.36. The molecule has 4 heteroatoms. The molecule has 2 unspecified atom stereocenters. The van der Waals surface area contributed by atoms with Gasteiger partial charge in [-0.25, -0.2) is 0 Å². The van der Waals surface area contributed by atoms with Crippen LogP contribution in [0, 0.1) is 0 Å². The first-order valence-electron chi connectivity index (χ1n) is 7.49. The molecule has 0 saturated heterocycles. The van der Waals surface area contributed by atoms with Crippen LogP contribution in [0.25, 0.3) is 0 Å². The molecule has 0 bridgehead atoms. The molecule has 1 amide bonds. The van der Waals surface area contributed by atoms with Crippen LogP contribution in [-0.2, 0) is 4.79 Å². The third kappa shape index (κ3) is 7.53. The van der Waals surface area contributed by atoms with Gasteiger partial charge in [-0.2, -0.15) is 0 Å². The molecule has 2 atom stereocenters. The lowest BCUT2D eigenvalue weighted by Gasteiger charge is -2.28. The van der Waals surface area contributed by atoms with Gasteiger partial charge in [-0.15, -0.1) is 0 Å². The molecule has 0 aromatic carbocycles. The molecular weight excluding hydrogens is 238 g/mol. The van der Waals surface area contributed by atoms with E-state index in [1.165, 1.54) is 0 Å². The zero-order chi connectivity index (χ0) is 15.1. The minimum atomic E-state index is -0.142. The minimum Gasteiger partial charge on any atom is -0.350 e. The van der Waals surface area contributed by atoms with Crippen LogP contribution >= 0.6 is 0 Å². The number of carbonyl (C=O) groups excluding carboxylic acids is 1. The van der Waals surface area contributed by atoms with E-state index in [4.69, 9.17) is 0 Å². The molecule has 19 heavy (non-hydrogen) atoms. The van der Waals surface area contributed by atoms with Crippen LogP contribution in [0.5, 0.6) is 0 Å². The Balaban J connectivity index is 3.98. The fraction of sp³-hybridized carbons (Fsp3) is 0.933. The number of hydrogen-bond acceptors (Lipinski definition) is 3. The molecule has 0 fully saturated rings. The van der Waals surface area contributed by atoms with Crippen molar-refractivity contribution in [2.75, 3.05) is 20.1 Å². The highest BCUT2D eigenvalue weighted by Crippen LogP contribution is 2.07. The molecule has 0 heterocycles. The minimum absolute atomic E-state index is 0.0815. The summed E-state index contributed by atoms with van der Waals surface area (Å²) in [4.78, 5) is 14.3. The molecule has 0 aliphatic rings. The first-order valence-corrected chi connectivity index (χ1v) is 7.49. The first kappa shape index (κ1) is 18.4. The van der Waals surface area contributed by atoms with Gasteiger partial charge in [-0.05, 0) is 47.6 Å². The van der Waals surface area contributed by atoms with Crippen LogP contribution in [-0.4, -0.2) is 48.6 Å². The Hall–Kier alpha value is -0.610. The number of nitrogens with zero attached hydrogens (tertiary/aromatic N) is 1. The Morgan fingerprint density at radius 3 is 2.32 bits per heavy atom. The third-order valence-corrected chi connectivity index (χ3v) is 4.00. The van der Waals surface area contributed by atoms with E-state index in [0.29, 0.717) is 6.04 Å². The molecule has 2 N–H and O–H groups in total. The van der Waals surface area contributed by atoms with Gasteiger partial charge < -0.3 is 15.5 Å². The van der Waals surface area contributed by atoms with E-state index in [1.807, 2.05) is 20.8 Å². The quantitative estimate of drug-likeness (QED) is 0.674. The van der Waals surface area contributed by atoms with E-state index >= 15 is 0 Å². The monoisotopic (exact) mass is 271 g/mol. The zero-order valence-electron chi connectivity index (χ0n) is 13.8. The lowest BCUT2D eigenvalue weighted by atomic mass is 10.0. The van der Waals surface area contributed by atoms with Gasteiger partial charge in [0.15, 0.2) is 0 Å². The number of amides is 1. The van der Waals surface area contributed by atoms with Crippen molar-refractivity contribution < 1.29 is 4.79 Å². The SMILES string of the molecule is CCC(C)N(C)CCNC(C)C(=O)NC(C)(C)CC. The maximum Gasteiger partial charge on any atom is 0.237 e. The molecule has 0 aromatic heterocycles. The number of likely N-dealkylation sites (N-methyl/N-ethyl adjacent to an activating group) is 1. The van der Waals surface area contributed by atoms with Crippen LogP contribution in [0.15, 0.2) is 0 Å². The molecule has 0 radical (unpaired) electrons. The van der Waals surface area contributed by atoms with Crippen molar-refractivity contribution in [2.45, 2.75) is 72.0 Å². The predicted octanol–water partition coefficient (Wildman–Crippen LogP) is 2.00. The van der Waals surface area contributed by atoms with Gasteiger partial charge in [-0.1, -0.05) is 13.8 Å². The maximum atomic E-state index is 12.0. The molecule has 0 spiro atoms. The van der Waals surface area contributed by atoms with Gasteiger partial charge in [0.25, 0.3) is 0 Å². The van der Waals surface area contributed by atoms with Gasteiger partial charge in [0.2, 0.25) is 5.91 Å². The zero-order valence-corrected chi connectivity index (χ0v) is 13.8. The summed E-state index contributed by atoms with van der Waals surface area (Å²) >= 11 is 0. The Morgan fingerprint density at radius 2 is 1.84 bits per heavy atom. The summed E-state index contributed by atoms with van der Waals surface area (Å²) in [6.45, 7) is 14.3. The van der Waals surface area contributed by atoms with Crippen molar-refractivity contribution in [3.63, 3.8) is 0 Å². The van der Waals surface area contributed by atoms with E-state index in [-0.39, 0.29) is 17.5 Å². The Kier molecular flexibility index (Phi) is 8.26. The molecule has 0 saturated carbocycles. The number of carbonyl (C=O) groups is 1. The molecule has 0 aliphatic heterocycles. The van der Waals surface area contributed by atoms with Gasteiger partial charge in [0, 0.05) is 24.7 Å². The maximum absolute atomic E-state index is 12.0. The lowest BCUT2D eigenvalue weighted by Crippen LogP contribution is -2.51. The summed E-state index contributed by atoms with van der Waals surface area (Å²) in [5, 5.41) is 6.35. The van der Waals surface area contributed by atoms with E-state index in [2.05, 4.69) is 43.4 Å². The van der Waals surface area contributed by atoms with Crippen LogP contribution < -0.4 is 10.6 Å². The number of nitrogens with one attached hydrogen (secondary N) is 2. The van der Waals surface area contributed by atoms with Gasteiger partial charge in [0.05, 0.1) is 6.04 Å². The second kappa shape index (κ2) is 8.54.